The molecule has 0 heterocycles. The molecule has 0 aliphatic rings. The normalized spacial score (nSPS) is 10.0. The van der Waals surface area contributed by atoms with Crippen LogP contribution in [0.15, 0.2) is 4.47 Å². The van der Waals surface area contributed by atoms with Crippen molar-refractivity contribution in [1.82, 2.24) is 0 Å². The van der Waals surface area contributed by atoms with Crippen molar-refractivity contribution in [3.8, 4) is 6.07 Å². The number of nitriles is 1. The largest absolute Gasteiger partial charge is 0.203 e. The van der Waals surface area contributed by atoms with Crippen LogP contribution in [-0.2, 0) is 6.42 Å². The van der Waals surface area contributed by atoms with Gasteiger partial charge in [-0.1, -0.05) is 0 Å². The van der Waals surface area contributed by atoms with Gasteiger partial charge < -0.3 is 0 Å². The summed E-state index contributed by atoms with van der Waals surface area (Å²) in [4.78, 5) is 0. The van der Waals surface area contributed by atoms with Crippen LogP contribution in [0.4, 0.5) is 17.6 Å². The fraction of sp³-hybridized carbons (Fsp3) is 0.125. The molecule has 0 unspecified atom stereocenters. The van der Waals surface area contributed by atoms with Crippen molar-refractivity contribution in [2.75, 3.05) is 0 Å². The highest BCUT2D eigenvalue weighted by atomic mass is 79.9. The Bertz CT molecular complexity index is 395. The summed E-state index contributed by atoms with van der Waals surface area (Å²) in [7, 11) is 0. The maximum absolute atomic E-state index is 12.9. The Morgan fingerprint density at radius 1 is 1.00 bits per heavy atom. The summed E-state index contributed by atoms with van der Waals surface area (Å²) in [5.74, 6) is -6.15. The number of rotatable bonds is 1. The molecule has 1 aromatic rings. The van der Waals surface area contributed by atoms with Gasteiger partial charge in [0, 0.05) is 5.56 Å². The van der Waals surface area contributed by atoms with E-state index in [9.17, 15) is 17.6 Å². The van der Waals surface area contributed by atoms with Crippen LogP contribution >= 0.6 is 15.9 Å². The molecule has 0 spiro atoms. The molecule has 0 aliphatic carbocycles. The first-order chi connectivity index (χ1) is 6.50. The summed E-state index contributed by atoms with van der Waals surface area (Å²) in [6.07, 6.45) is -0.723. The Balaban J connectivity index is 3.53. The minimum atomic E-state index is -1.54. The summed E-state index contributed by atoms with van der Waals surface area (Å²) in [5.41, 5.74) is -0.897. The lowest BCUT2D eigenvalue weighted by Crippen LogP contribution is -2.03. The summed E-state index contributed by atoms with van der Waals surface area (Å²) in [6.45, 7) is 0. The minimum absolute atomic E-state index is 0.723. The monoisotopic (exact) mass is 267 g/mol. The van der Waals surface area contributed by atoms with Gasteiger partial charge in [0.05, 0.1) is 17.0 Å². The number of halogens is 5. The second-order valence-corrected chi connectivity index (χ2v) is 3.18. The third kappa shape index (κ3) is 1.60. The second-order valence-electron chi connectivity index (χ2n) is 2.38. The average Bonchev–Trinajstić information content (AvgIpc) is 2.19. The molecule has 74 valence electrons. The van der Waals surface area contributed by atoms with Crippen LogP contribution in [0.2, 0.25) is 0 Å². The Kier molecular flexibility index (Phi) is 3.11. The predicted molar refractivity (Wildman–Crippen MR) is 43.3 cm³/mol. The highest BCUT2D eigenvalue weighted by molar-refractivity contribution is 9.10. The van der Waals surface area contributed by atoms with E-state index in [0.717, 1.165) is 0 Å². The number of hydrogen-bond acceptors (Lipinski definition) is 1. The van der Waals surface area contributed by atoms with Crippen molar-refractivity contribution in [3.63, 3.8) is 0 Å². The summed E-state index contributed by atoms with van der Waals surface area (Å²) < 4.78 is 50.6. The van der Waals surface area contributed by atoms with Crippen LogP contribution in [0.25, 0.3) is 0 Å². The number of benzene rings is 1. The molecule has 0 fully saturated rings. The molecule has 0 aromatic heterocycles. The maximum Gasteiger partial charge on any atom is 0.176 e. The molecule has 1 aromatic carbocycles. The van der Waals surface area contributed by atoms with Gasteiger partial charge in [-0.05, 0) is 15.9 Å². The van der Waals surface area contributed by atoms with Crippen molar-refractivity contribution in [2.24, 2.45) is 0 Å². The highest BCUT2D eigenvalue weighted by Crippen LogP contribution is 2.28. The van der Waals surface area contributed by atoms with Crippen LogP contribution in [0, 0.1) is 34.6 Å². The Morgan fingerprint density at radius 3 is 1.79 bits per heavy atom. The lowest BCUT2D eigenvalue weighted by Gasteiger charge is -2.05. The molecule has 0 amide bonds. The third-order valence-electron chi connectivity index (χ3n) is 1.56. The SMILES string of the molecule is N#CCc1c(F)c(F)c(Br)c(F)c1F. The third-order valence-corrected chi connectivity index (χ3v) is 2.25. The molecule has 0 atom stereocenters. The fourth-order valence-corrected chi connectivity index (χ4v) is 1.23. The first kappa shape index (κ1) is 11.0. The van der Waals surface area contributed by atoms with E-state index in [1.165, 1.54) is 6.07 Å². The van der Waals surface area contributed by atoms with Gasteiger partial charge in [0.2, 0.25) is 0 Å². The van der Waals surface area contributed by atoms with Crippen molar-refractivity contribution < 1.29 is 17.6 Å². The maximum atomic E-state index is 12.9. The topological polar surface area (TPSA) is 23.8 Å². The van der Waals surface area contributed by atoms with Gasteiger partial charge >= 0.3 is 0 Å². The van der Waals surface area contributed by atoms with E-state index in [0.29, 0.717) is 0 Å². The van der Waals surface area contributed by atoms with Crippen molar-refractivity contribution in [1.29, 1.82) is 5.26 Å². The van der Waals surface area contributed by atoms with Crippen LogP contribution in [0.1, 0.15) is 5.56 Å². The molecule has 6 heteroatoms. The predicted octanol–water partition coefficient (Wildman–Crippen LogP) is 3.07. The average molecular weight is 268 g/mol. The quantitative estimate of drug-likeness (QED) is 0.436. The van der Waals surface area contributed by atoms with E-state index < -0.39 is 39.7 Å². The summed E-state index contributed by atoms with van der Waals surface area (Å²) >= 11 is 2.35. The Labute approximate surface area is 85.1 Å². The molecule has 1 nitrogen and oxygen atoms in total. The molecule has 0 saturated carbocycles. The van der Waals surface area contributed by atoms with Crippen LogP contribution < -0.4 is 0 Å². The van der Waals surface area contributed by atoms with Crippen molar-refractivity contribution >= 4 is 15.9 Å². The van der Waals surface area contributed by atoms with Gasteiger partial charge in [-0.25, -0.2) is 17.6 Å². The lowest BCUT2D eigenvalue weighted by molar-refractivity contribution is 0.435. The van der Waals surface area contributed by atoms with E-state index in [1.807, 2.05) is 0 Å². The zero-order valence-corrected chi connectivity index (χ0v) is 8.13. The van der Waals surface area contributed by atoms with E-state index in [1.54, 1.807) is 0 Å². The van der Waals surface area contributed by atoms with Crippen molar-refractivity contribution in [2.45, 2.75) is 6.42 Å². The summed E-state index contributed by atoms with van der Waals surface area (Å²) in [6, 6.07) is 1.41. The van der Waals surface area contributed by atoms with Gasteiger partial charge in [0.25, 0.3) is 0 Å². The molecular formula is C8H2BrF4N. The molecule has 0 radical (unpaired) electrons. The second kappa shape index (κ2) is 3.96. The van der Waals surface area contributed by atoms with Crippen LogP contribution in [0.3, 0.4) is 0 Å². The van der Waals surface area contributed by atoms with Crippen LogP contribution in [0.5, 0.6) is 0 Å². The first-order valence-corrected chi connectivity index (χ1v) is 4.17. The van der Waals surface area contributed by atoms with Gasteiger partial charge in [-0.2, -0.15) is 5.26 Å². The molecule has 14 heavy (non-hydrogen) atoms. The van der Waals surface area contributed by atoms with E-state index in [2.05, 4.69) is 15.9 Å². The van der Waals surface area contributed by atoms with Crippen molar-refractivity contribution in [3.05, 3.63) is 33.3 Å². The summed E-state index contributed by atoms with van der Waals surface area (Å²) in [5, 5.41) is 8.18. The molecule has 1 rings (SSSR count). The smallest absolute Gasteiger partial charge is 0.176 e. The zero-order valence-electron chi connectivity index (χ0n) is 6.54. The number of hydrogen-bond donors (Lipinski definition) is 0. The van der Waals surface area contributed by atoms with E-state index in [-0.39, 0.29) is 0 Å². The fourth-order valence-electron chi connectivity index (χ4n) is 0.885. The van der Waals surface area contributed by atoms with Gasteiger partial charge in [0.15, 0.2) is 23.3 Å². The van der Waals surface area contributed by atoms with E-state index in [4.69, 9.17) is 5.26 Å². The van der Waals surface area contributed by atoms with E-state index >= 15 is 0 Å². The first-order valence-electron chi connectivity index (χ1n) is 3.38. The highest BCUT2D eigenvalue weighted by Gasteiger charge is 2.23. The molecule has 0 bridgehead atoms. The number of nitrogens with zero attached hydrogens (tertiary/aromatic N) is 1. The molecule has 0 N–H and O–H groups in total. The lowest BCUT2D eigenvalue weighted by atomic mass is 10.1. The Morgan fingerprint density at radius 2 is 1.43 bits per heavy atom. The van der Waals surface area contributed by atoms with Crippen LogP contribution in [-0.4, -0.2) is 0 Å². The minimum Gasteiger partial charge on any atom is -0.203 e. The standard InChI is InChI=1S/C8H2BrF4N/c9-4-7(12)5(10)3(1-2-14)6(11)8(4)13/h1H2. The zero-order chi connectivity index (χ0) is 10.9. The Hall–Kier alpha value is -1.09. The van der Waals surface area contributed by atoms with Gasteiger partial charge in [-0.15, -0.1) is 0 Å². The molecule has 0 aliphatic heterocycles. The van der Waals surface area contributed by atoms with Gasteiger partial charge in [-0.3, -0.25) is 0 Å². The van der Waals surface area contributed by atoms with Gasteiger partial charge in [0.1, 0.15) is 0 Å². The molecule has 0 saturated heterocycles. The molecular weight excluding hydrogens is 266 g/mol.